The molecule has 4 rings (SSSR count). The van der Waals surface area contributed by atoms with Crippen LogP contribution in [0.2, 0.25) is 0 Å². The minimum absolute atomic E-state index is 0.194. The third kappa shape index (κ3) is 4.65. The molecule has 1 aliphatic heterocycles. The minimum Gasteiger partial charge on any atom is -0.507 e. The van der Waals surface area contributed by atoms with Gasteiger partial charge in [0.05, 0.1) is 24.5 Å². The van der Waals surface area contributed by atoms with Crippen LogP contribution in [-0.4, -0.2) is 51.8 Å². The summed E-state index contributed by atoms with van der Waals surface area (Å²) in [5.41, 5.74) is 3.84. The Kier molecular flexibility index (Phi) is 7.43. The van der Waals surface area contributed by atoms with Crippen molar-refractivity contribution in [2.75, 3.05) is 13.7 Å². The van der Waals surface area contributed by atoms with Crippen molar-refractivity contribution in [2.24, 2.45) is 17.8 Å². The van der Waals surface area contributed by atoms with Gasteiger partial charge in [0.1, 0.15) is 5.75 Å². The topological polar surface area (TPSA) is 98.1 Å². The molecule has 2 amide bonds. The van der Waals surface area contributed by atoms with Gasteiger partial charge in [0.15, 0.2) is 0 Å². The van der Waals surface area contributed by atoms with Crippen molar-refractivity contribution in [2.45, 2.75) is 52.1 Å². The molecule has 6 nitrogen and oxygen atoms in total. The van der Waals surface area contributed by atoms with Gasteiger partial charge in [-0.2, -0.15) is 0 Å². The Morgan fingerprint density at radius 1 is 1.11 bits per heavy atom. The summed E-state index contributed by atoms with van der Waals surface area (Å²) < 4.78 is 0. The molecule has 0 bridgehead atoms. The molecule has 1 fully saturated rings. The van der Waals surface area contributed by atoms with Crippen LogP contribution in [0.3, 0.4) is 0 Å². The molecule has 3 N–H and O–H groups in total. The number of fused-ring (bicyclic) bond motifs is 2. The van der Waals surface area contributed by atoms with Crippen LogP contribution in [0.4, 0.5) is 0 Å². The molecule has 1 saturated heterocycles. The first-order valence-electron chi connectivity index (χ1n) is 12.5. The van der Waals surface area contributed by atoms with Crippen LogP contribution < -0.4 is 0 Å². The molecule has 0 unspecified atom stereocenters. The van der Waals surface area contributed by atoms with Crippen molar-refractivity contribution < 1.29 is 24.9 Å². The highest BCUT2D eigenvalue weighted by Gasteiger charge is 2.53. The van der Waals surface area contributed by atoms with E-state index in [1.165, 1.54) is 17.5 Å². The van der Waals surface area contributed by atoms with E-state index in [9.17, 15) is 24.9 Å². The third-order valence-corrected chi connectivity index (χ3v) is 7.71. The Morgan fingerprint density at radius 3 is 2.51 bits per heavy atom. The zero-order valence-electron chi connectivity index (χ0n) is 20.7. The van der Waals surface area contributed by atoms with Crippen LogP contribution in [0, 0.1) is 17.8 Å². The number of benzene rings is 2. The molecule has 1 aliphatic carbocycles. The number of aliphatic hydroxyl groups is 2. The van der Waals surface area contributed by atoms with Gasteiger partial charge in [0, 0.05) is 18.4 Å². The Morgan fingerprint density at radius 2 is 1.83 bits per heavy atom. The van der Waals surface area contributed by atoms with Crippen LogP contribution in [0.1, 0.15) is 51.5 Å². The van der Waals surface area contributed by atoms with E-state index in [0.717, 1.165) is 40.3 Å². The number of likely N-dealkylation sites (tertiary alicyclic amines) is 1. The van der Waals surface area contributed by atoms with Crippen molar-refractivity contribution in [1.29, 1.82) is 0 Å². The Labute approximate surface area is 206 Å². The first kappa shape index (κ1) is 25.1. The van der Waals surface area contributed by atoms with Gasteiger partial charge in [-0.05, 0) is 55.2 Å². The van der Waals surface area contributed by atoms with Crippen LogP contribution >= 0.6 is 0 Å². The molecule has 6 heteroatoms. The van der Waals surface area contributed by atoms with Gasteiger partial charge in [-0.1, -0.05) is 60.9 Å². The lowest BCUT2D eigenvalue weighted by atomic mass is 9.68. The number of hydrogen-bond acceptors (Lipinski definition) is 5. The summed E-state index contributed by atoms with van der Waals surface area (Å²) >= 11 is 0. The Balaban J connectivity index is 1.57. The molecule has 0 spiro atoms. The summed E-state index contributed by atoms with van der Waals surface area (Å²) in [6.45, 7) is 3.75. The zero-order valence-corrected chi connectivity index (χ0v) is 20.7. The molecule has 0 radical (unpaired) electrons. The van der Waals surface area contributed by atoms with E-state index in [0.29, 0.717) is 19.3 Å². The maximum atomic E-state index is 12.7. The smallest absolute Gasteiger partial charge is 0.233 e. The highest BCUT2D eigenvalue weighted by molar-refractivity contribution is 6.05. The van der Waals surface area contributed by atoms with Gasteiger partial charge in [0.2, 0.25) is 11.8 Å². The lowest BCUT2D eigenvalue weighted by Gasteiger charge is -2.35. The number of amides is 2. The summed E-state index contributed by atoms with van der Waals surface area (Å²) in [5.74, 6) is -1.78. The molecule has 0 saturated carbocycles. The predicted octanol–water partition coefficient (Wildman–Crippen LogP) is 4.43. The molecule has 0 aromatic heterocycles. The lowest BCUT2D eigenvalue weighted by molar-refractivity contribution is -0.138. The van der Waals surface area contributed by atoms with Gasteiger partial charge >= 0.3 is 0 Å². The molecular formula is C29H35NO5. The monoisotopic (exact) mass is 477 g/mol. The lowest BCUT2D eigenvalue weighted by Crippen LogP contribution is -2.38. The fourth-order valence-electron chi connectivity index (χ4n) is 5.99. The maximum Gasteiger partial charge on any atom is 0.233 e. The third-order valence-electron chi connectivity index (χ3n) is 7.71. The molecule has 2 aliphatic rings. The van der Waals surface area contributed by atoms with Gasteiger partial charge in [-0.25, -0.2) is 0 Å². The van der Waals surface area contributed by atoms with Gasteiger partial charge in [0.25, 0.3) is 0 Å². The predicted molar refractivity (Wildman–Crippen MR) is 136 cm³/mol. The number of phenolic OH excluding ortho intramolecular Hbond substituents is 1. The molecule has 4 atom stereocenters. The van der Waals surface area contributed by atoms with E-state index >= 15 is 0 Å². The maximum absolute atomic E-state index is 12.7. The number of aliphatic hydroxyl groups excluding tert-OH is 2. The number of nitrogens with zero attached hydrogens (tertiary/aromatic N) is 1. The van der Waals surface area contributed by atoms with Gasteiger partial charge in [-0.15, -0.1) is 0 Å². The Hall–Kier alpha value is -2.96. The summed E-state index contributed by atoms with van der Waals surface area (Å²) in [6.07, 6.45) is 4.78. The normalized spacial score (nSPS) is 23.9. The summed E-state index contributed by atoms with van der Waals surface area (Å²) in [5, 5.41) is 33.4. The zero-order chi connectivity index (χ0) is 25.3. The molecule has 1 heterocycles. The molecule has 186 valence electrons. The van der Waals surface area contributed by atoms with E-state index in [1.54, 1.807) is 6.07 Å². The summed E-state index contributed by atoms with van der Waals surface area (Å²) in [6, 6.07) is 11.4. The van der Waals surface area contributed by atoms with Crippen LogP contribution in [0.15, 0.2) is 53.1 Å². The van der Waals surface area contributed by atoms with Crippen LogP contribution in [0.25, 0.3) is 16.8 Å². The first-order valence-corrected chi connectivity index (χ1v) is 12.5. The second-order valence-electron chi connectivity index (χ2n) is 9.92. The number of aromatic hydroxyl groups is 1. The van der Waals surface area contributed by atoms with Crippen molar-refractivity contribution in [3.05, 3.63) is 58.7 Å². The fourth-order valence-corrected chi connectivity index (χ4v) is 5.99. The first-order chi connectivity index (χ1) is 16.8. The van der Waals surface area contributed by atoms with Gasteiger partial charge in [-0.3, -0.25) is 14.5 Å². The van der Waals surface area contributed by atoms with E-state index in [-0.39, 0.29) is 24.2 Å². The van der Waals surface area contributed by atoms with E-state index < -0.39 is 23.9 Å². The van der Waals surface area contributed by atoms with Crippen molar-refractivity contribution in [1.82, 2.24) is 4.90 Å². The average molecular weight is 478 g/mol. The van der Waals surface area contributed by atoms with Gasteiger partial charge < -0.3 is 15.3 Å². The second-order valence-corrected chi connectivity index (χ2v) is 9.92. The highest BCUT2D eigenvalue weighted by atomic mass is 16.3. The second kappa shape index (κ2) is 10.3. The van der Waals surface area contributed by atoms with E-state index in [2.05, 4.69) is 13.0 Å². The standard InChI is InChI=1S/C29H35NO5/c1-4-7-18(15-19-11-13-24(32)21-9-6-5-8-20(19)21)10-12-25(33)26-17(2)14-22-27(23(26)16-31)29(35)30(3)28(22)34/h5-6,8-9,11,13,15,22-23,25,27,31-33H,4,7,10,12,14,16H2,1-3H3/b18-15+/t22-,23+,25-,27-/m1/s1. The SMILES string of the molecule is CCC/C(=C\c1ccc(O)c2ccccc12)CC[C@@H](O)C1=C(C)C[C@H]2C(=O)N(C)C(=O)[C@H]2[C@H]1CO. The molecule has 35 heavy (non-hydrogen) atoms. The van der Waals surface area contributed by atoms with Crippen molar-refractivity contribution in [3.63, 3.8) is 0 Å². The van der Waals surface area contributed by atoms with Crippen LogP contribution in [-0.2, 0) is 9.59 Å². The highest BCUT2D eigenvalue weighted by Crippen LogP contribution is 2.45. The van der Waals surface area contributed by atoms with Crippen LogP contribution in [0.5, 0.6) is 5.75 Å². The number of imide groups is 1. The number of carbonyl (C=O) groups is 2. The fraction of sp³-hybridized carbons (Fsp3) is 0.448. The molecule has 2 aromatic rings. The van der Waals surface area contributed by atoms with E-state index in [1.807, 2.05) is 37.3 Å². The number of hydrogen-bond donors (Lipinski definition) is 3. The number of allylic oxidation sites excluding steroid dienone is 2. The average Bonchev–Trinajstić information content (AvgIpc) is 3.07. The number of phenols is 1. The Bertz CT molecular complexity index is 1200. The van der Waals surface area contributed by atoms with Crippen molar-refractivity contribution >= 4 is 28.7 Å². The van der Waals surface area contributed by atoms with Crippen molar-refractivity contribution in [3.8, 4) is 5.75 Å². The van der Waals surface area contributed by atoms with E-state index in [4.69, 9.17) is 0 Å². The number of rotatable bonds is 8. The summed E-state index contributed by atoms with van der Waals surface area (Å²) in [7, 11) is 1.50. The molecular weight excluding hydrogens is 442 g/mol. The largest absolute Gasteiger partial charge is 0.507 e. The molecule has 2 aromatic carbocycles. The minimum atomic E-state index is -0.793. The number of carbonyl (C=O) groups excluding carboxylic acids is 2. The summed E-state index contributed by atoms with van der Waals surface area (Å²) in [4.78, 5) is 26.4. The quantitative estimate of drug-likeness (QED) is 0.386.